The zero-order valence-electron chi connectivity index (χ0n) is 44.0. The van der Waals surface area contributed by atoms with Crippen molar-refractivity contribution in [2.75, 3.05) is 104 Å². The average molecular weight is 1100 g/mol. The highest BCUT2D eigenvalue weighted by molar-refractivity contribution is 6.31. The lowest BCUT2D eigenvalue weighted by Crippen LogP contribution is -2.54. The Hall–Kier alpha value is -7.07. The number of halogens is 2. The molecule has 3 N–H and O–H groups in total. The molecule has 19 nitrogen and oxygen atoms in total. The third-order valence-corrected chi connectivity index (χ3v) is 15.4. The molecule has 21 heteroatoms. The van der Waals surface area contributed by atoms with E-state index in [-0.39, 0.29) is 47.9 Å². The molecule has 3 fully saturated rings. The number of imide groups is 2. The van der Waals surface area contributed by atoms with Gasteiger partial charge in [0.2, 0.25) is 23.7 Å². The fourth-order valence-electron chi connectivity index (χ4n) is 10.8. The third kappa shape index (κ3) is 13.5. The van der Waals surface area contributed by atoms with Gasteiger partial charge in [-0.3, -0.25) is 49.0 Å². The maximum atomic E-state index is 13.9. The highest BCUT2D eigenvalue weighted by Gasteiger charge is 2.45. The van der Waals surface area contributed by atoms with Crippen LogP contribution in [0.1, 0.15) is 69.5 Å². The number of H-pyrrole nitrogens is 2. The van der Waals surface area contributed by atoms with E-state index in [1.165, 1.54) is 16.8 Å². The molecule has 4 aromatic carbocycles. The predicted octanol–water partition coefficient (Wildman–Crippen LogP) is 5.75. The summed E-state index contributed by atoms with van der Waals surface area (Å²) in [6, 6.07) is 24.0. The van der Waals surface area contributed by atoms with Gasteiger partial charge in [-0.15, -0.1) is 0 Å². The second-order valence-electron chi connectivity index (χ2n) is 20.4. The number of nitrogens with one attached hydrogen (secondary N) is 3. The highest BCUT2D eigenvalue weighted by atomic mass is 35.5. The van der Waals surface area contributed by atoms with Crippen LogP contribution in [0.25, 0.3) is 28.2 Å². The summed E-state index contributed by atoms with van der Waals surface area (Å²) < 4.78 is 37.8. The van der Waals surface area contributed by atoms with E-state index in [2.05, 4.69) is 42.3 Å². The number of fused-ring (bicyclic) bond motifs is 2. The van der Waals surface area contributed by atoms with E-state index in [1.54, 1.807) is 42.5 Å². The van der Waals surface area contributed by atoms with E-state index >= 15 is 0 Å². The van der Waals surface area contributed by atoms with Crippen LogP contribution in [0.4, 0.5) is 10.1 Å². The minimum Gasteiger partial charge on any atom is -0.379 e. The molecule has 5 amide bonds. The molecule has 3 saturated heterocycles. The minimum absolute atomic E-state index is 0.0120. The van der Waals surface area contributed by atoms with Crippen molar-refractivity contribution in [2.45, 2.75) is 57.4 Å². The van der Waals surface area contributed by atoms with Gasteiger partial charge in [-0.2, -0.15) is 4.68 Å². The van der Waals surface area contributed by atoms with E-state index < -0.39 is 29.7 Å². The fraction of sp³-hybridized carbons (Fsp3) is 0.431. The largest absolute Gasteiger partial charge is 0.379 e. The third-order valence-electron chi connectivity index (χ3n) is 15.2. The molecular formula is C58H65ClFN9O10. The summed E-state index contributed by atoms with van der Waals surface area (Å²) in [5.74, 6) is -1.51. The number of ether oxygens (including phenoxy) is 4. The topological polar surface area (TPSA) is 214 Å². The van der Waals surface area contributed by atoms with Gasteiger partial charge in [-0.1, -0.05) is 48.0 Å². The van der Waals surface area contributed by atoms with Crippen LogP contribution in [0.5, 0.6) is 0 Å². The van der Waals surface area contributed by atoms with Crippen molar-refractivity contribution in [3.63, 3.8) is 0 Å². The standard InChI is InChI=1S/C58H65ClFN9O10/c59-42-10-16-48-49(34-42)62-58(61-48)69-57(75)46(14-7-39-5-11-43(60)12-6-39)53(64-69)41-8-3-38(4-9-41)2-1-27-76-28-29-77-30-31-78-32-33-79-37-52(71)67-21-19-40(20-22-67)36-65-23-25-66(26-24-65)44-13-15-45-47(35-44)56(74)68(55(45)73)50-17-18-51(70)63-54(50)72/h3-6,8-13,15-16,34-35,40,50,64H,1-2,7,14,17-33,36-37H2,(H,61,62)(H,63,70,72). The van der Waals surface area contributed by atoms with Crippen LogP contribution >= 0.6 is 11.6 Å². The minimum atomic E-state index is -0.989. The van der Waals surface area contributed by atoms with Crippen molar-refractivity contribution in [3.05, 3.63) is 134 Å². The van der Waals surface area contributed by atoms with E-state index in [0.717, 1.165) is 85.7 Å². The lowest BCUT2D eigenvalue weighted by molar-refractivity contribution is -0.138. The van der Waals surface area contributed by atoms with Crippen LogP contribution in [0, 0.1) is 11.7 Å². The van der Waals surface area contributed by atoms with Gasteiger partial charge >= 0.3 is 0 Å². The molecule has 4 aliphatic heterocycles. The van der Waals surface area contributed by atoms with E-state index in [0.29, 0.717) is 111 Å². The van der Waals surface area contributed by atoms with Gasteiger partial charge in [-0.05, 0) is 116 Å². The molecule has 0 aliphatic carbocycles. The van der Waals surface area contributed by atoms with Gasteiger partial charge in [0, 0.05) is 75.1 Å². The molecular weight excluding hydrogens is 1040 g/mol. The molecule has 79 heavy (non-hydrogen) atoms. The Morgan fingerprint density at radius 1 is 0.696 bits per heavy atom. The van der Waals surface area contributed by atoms with Crippen molar-refractivity contribution in [1.29, 1.82) is 0 Å². The quantitative estimate of drug-likeness (QED) is 0.0488. The summed E-state index contributed by atoms with van der Waals surface area (Å²) in [6.07, 6.45) is 4.69. The average Bonchev–Trinajstić information content (AvgIpc) is 4.25. The second kappa shape index (κ2) is 25.8. The molecule has 0 radical (unpaired) electrons. The van der Waals surface area contributed by atoms with E-state index in [4.69, 9.17) is 30.5 Å². The van der Waals surface area contributed by atoms with Crippen LogP contribution in [-0.2, 0) is 52.6 Å². The van der Waals surface area contributed by atoms with Crippen molar-refractivity contribution in [1.82, 2.24) is 39.8 Å². The van der Waals surface area contributed by atoms with Crippen LogP contribution < -0.4 is 15.8 Å². The Kier molecular flexibility index (Phi) is 18.1. The van der Waals surface area contributed by atoms with E-state index in [1.807, 2.05) is 23.1 Å². The molecule has 0 saturated carbocycles. The van der Waals surface area contributed by atoms with Gasteiger partial charge in [0.1, 0.15) is 18.5 Å². The number of piperazine rings is 1. The SMILES string of the molecule is O=C1CCC(N2C(=O)c3ccc(N4CCN(CC5CCN(C(=O)COCCOCCOCCOCCCc6ccc(-c7[nH]n(-c8nc9ccc(Cl)cc9[nH]8)c(=O)c7CCc7ccc(F)cc7)cc6)CC5)CC4)cc3C2=O)C(=O)N1. The van der Waals surface area contributed by atoms with E-state index in [9.17, 15) is 33.2 Å². The van der Waals surface area contributed by atoms with Crippen LogP contribution in [0.15, 0.2) is 89.7 Å². The maximum absolute atomic E-state index is 13.9. The monoisotopic (exact) mass is 1100 g/mol. The maximum Gasteiger partial charge on any atom is 0.277 e. The Morgan fingerprint density at radius 2 is 1.37 bits per heavy atom. The number of carbonyl (C=O) groups excluding carboxylic acids is 5. The number of hydrogen-bond donors (Lipinski definition) is 3. The number of aryl methyl sites for hydroxylation is 2. The lowest BCUT2D eigenvalue weighted by Gasteiger charge is -2.39. The second-order valence-corrected chi connectivity index (χ2v) is 20.9. The number of amides is 5. The molecule has 4 aliphatic rings. The van der Waals surface area contributed by atoms with Crippen molar-refractivity contribution in [2.24, 2.45) is 5.92 Å². The first-order chi connectivity index (χ1) is 38.4. The summed E-state index contributed by atoms with van der Waals surface area (Å²) >= 11 is 6.20. The Balaban J connectivity index is 0.554. The number of hydrogen-bond acceptors (Lipinski definition) is 13. The first-order valence-corrected chi connectivity index (χ1v) is 27.6. The number of imidazole rings is 1. The fourth-order valence-corrected chi connectivity index (χ4v) is 11.0. The van der Waals surface area contributed by atoms with Gasteiger partial charge in [0.25, 0.3) is 17.4 Å². The van der Waals surface area contributed by atoms with Crippen LogP contribution in [0.3, 0.4) is 0 Å². The zero-order chi connectivity index (χ0) is 54.8. The molecule has 416 valence electrons. The molecule has 10 rings (SSSR count). The number of likely N-dealkylation sites (tertiary alicyclic amines) is 1. The Morgan fingerprint density at radius 3 is 2.09 bits per heavy atom. The van der Waals surface area contributed by atoms with Gasteiger partial charge in [-0.25, -0.2) is 9.37 Å². The molecule has 0 spiro atoms. The highest BCUT2D eigenvalue weighted by Crippen LogP contribution is 2.32. The number of carbonyl (C=O) groups is 5. The Labute approximate surface area is 461 Å². The number of benzene rings is 4. The molecule has 1 unspecified atom stereocenters. The molecule has 0 bridgehead atoms. The van der Waals surface area contributed by atoms with Crippen molar-refractivity contribution in [3.8, 4) is 17.2 Å². The zero-order valence-corrected chi connectivity index (χ0v) is 44.8. The van der Waals surface area contributed by atoms with Crippen molar-refractivity contribution >= 4 is 57.9 Å². The first kappa shape index (κ1) is 55.3. The van der Waals surface area contributed by atoms with Crippen LogP contribution in [-0.4, -0.2) is 169 Å². The number of aromatic nitrogens is 4. The smallest absolute Gasteiger partial charge is 0.277 e. The molecule has 6 heterocycles. The summed E-state index contributed by atoms with van der Waals surface area (Å²) in [5, 5.41) is 6.09. The summed E-state index contributed by atoms with van der Waals surface area (Å²) in [4.78, 5) is 92.7. The normalized spacial score (nSPS) is 17.3. The number of anilines is 1. The Bertz CT molecular complexity index is 3200. The molecule has 1 atom stereocenters. The summed E-state index contributed by atoms with van der Waals surface area (Å²) in [6.45, 7) is 8.59. The number of rotatable bonds is 24. The van der Waals surface area contributed by atoms with Gasteiger partial charge in [0.05, 0.1) is 67.5 Å². The van der Waals surface area contributed by atoms with Gasteiger partial charge in [0.15, 0.2) is 0 Å². The molecule has 2 aromatic heterocycles. The summed E-state index contributed by atoms with van der Waals surface area (Å²) in [5.41, 5.74) is 6.83. The number of nitrogens with zero attached hydrogens (tertiary/aromatic N) is 6. The first-order valence-electron chi connectivity index (χ1n) is 27.2. The number of aromatic amines is 2. The number of piperidine rings is 2. The predicted molar refractivity (Wildman–Crippen MR) is 293 cm³/mol. The van der Waals surface area contributed by atoms with Crippen LogP contribution in [0.2, 0.25) is 5.02 Å². The van der Waals surface area contributed by atoms with Gasteiger partial charge < -0.3 is 33.7 Å². The molecule has 6 aromatic rings. The summed E-state index contributed by atoms with van der Waals surface area (Å²) in [7, 11) is 0. The van der Waals surface area contributed by atoms with Crippen molar-refractivity contribution < 1.29 is 47.3 Å². The lowest BCUT2D eigenvalue weighted by atomic mass is 9.96.